The van der Waals surface area contributed by atoms with Crippen LogP contribution in [0.15, 0.2) is 18.2 Å². The number of ether oxygens (including phenoxy) is 3. The lowest BCUT2D eigenvalue weighted by Crippen LogP contribution is -2.37. The molecule has 0 fully saturated rings. The second-order valence-corrected chi connectivity index (χ2v) is 5.08. The Morgan fingerprint density at radius 2 is 1.80 bits per heavy atom. The highest BCUT2D eigenvalue weighted by molar-refractivity contribution is 5.42. The van der Waals surface area contributed by atoms with Crippen LogP contribution in [0.4, 0.5) is 0 Å². The van der Waals surface area contributed by atoms with E-state index in [1.165, 1.54) is 5.56 Å². The van der Waals surface area contributed by atoms with E-state index in [0.29, 0.717) is 12.0 Å². The lowest BCUT2D eigenvalue weighted by molar-refractivity contribution is 0.108. The average Bonchev–Trinajstić information content (AvgIpc) is 2.46. The Balaban J connectivity index is 2.63. The second-order valence-electron chi connectivity index (χ2n) is 5.08. The van der Waals surface area contributed by atoms with Gasteiger partial charge in [0.25, 0.3) is 0 Å². The molecule has 0 amide bonds. The molecule has 0 aromatic heterocycles. The van der Waals surface area contributed by atoms with Gasteiger partial charge in [-0.2, -0.15) is 0 Å². The zero-order valence-electron chi connectivity index (χ0n) is 13.2. The Labute approximate surface area is 122 Å². The summed E-state index contributed by atoms with van der Waals surface area (Å²) in [6, 6.07) is 6.34. The summed E-state index contributed by atoms with van der Waals surface area (Å²) < 4.78 is 16.1. The van der Waals surface area contributed by atoms with Gasteiger partial charge in [-0.1, -0.05) is 19.9 Å². The van der Waals surface area contributed by atoms with Crippen molar-refractivity contribution >= 4 is 0 Å². The van der Waals surface area contributed by atoms with Crippen LogP contribution in [0.1, 0.15) is 26.3 Å². The summed E-state index contributed by atoms with van der Waals surface area (Å²) in [5.41, 5.74) is 1.17. The first-order valence-corrected chi connectivity index (χ1v) is 7.14. The van der Waals surface area contributed by atoms with Crippen molar-refractivity contribution in [1.29, 1.82) is 0 Å². The van der Waals surface area contributed by atoms with E-state index < -0.39 is 0 Å². The van der Waals surface area contributed by atoms with Gasteiger partial charge in [-0.05, 0) is 30.5 Å². The molecule has 4 heteroatoms. The van der Waals surface area contributed by atoms with Crippen molar-refractivity contribution in [1.82, 2.24) is 5.32 Å². The Morgan fingerprint density at radius 1 is 1.10 bits per heavy atom. The molecule has 4 nitrogen and oxygen atoms in total. The summed E-state index contributed by atoms with van der Waals surface area (Å²) in [5.74, 6) is 2.05. The van der Waals surface area contributed by atoms with Gasteiger partial charge in [0.05, 0.1) is 20.8 Å². The first-order chi connectivity index (χ1) is 9.62. The van der Waals surface area contributed by atoms with Crippen LogP contribution in [0.25, 0.3) is 0 Å². The van der Waals surface area contributed by atoms with Crippen molar-refractivity contribution in [2.75, 3.05) is 27.4 Å². The molecule has 1 N–H and O–H groups in total. The smallest absolute Gasteiger partial charge is 0.161 e. The first kappa shape index (κ1) is 16.8. The fraction of sp³-hybridized carbons (Fsp3) is 0.625. The number of hydrogen-bond donors (Lipinski definition) is 1. The third-order valence-corrected chi connectivity index (χ3v) is 3.32. The molecule has 1 aromatic carbocycles. The third-order valence-electron chi connectivity index (χ3n) is 3.32. The van der Waals surface area contributed by atoms with Gasteiger partial charge in [0.15, 0.2) is 11.5 Å². The van der Waals surface area contributed by atoms with Crippen LogP contribution in [-0.2, 0) is 11.3 Å². The molecule has 0 saturated carbocycles. The minimum atomic E-state index is 0.350. The zero-order valence-corrected chi connectivity index (χ0v) is 13.2. The lowest BCUT2D eigenvalue weighted by Gasteiger charge is -2.22. The maximum absolute atomic E-state index is 5.52. The van der Waals surface area contributed by atoms with Crippen molar-refractivity contribution in [3.8, 4) is 11.5 Å². The number of hydrogen-bond acceptors (Lipinski definition) is 4. The van der Waals surface area contributed by atoms with Crippen molar-refractivity contribution in [2.24, 2.45) is 5.92 Å². The highest BCUT2D eigenvalue weighted by Gasteiger charge is 2.13. The SMILES string of the molecule is CCOCC(NCc1ccc(OC)c(OC)c1)C(C)C. The highest BCUT2D eigenvalue weighted by atomic mass is 16.5. The molecule has 20 heavy (non-hydrogen) atoms. The van der Waals surface area contributed by atoms with Crippen molar-refractivity contribution < 1.29 is 14.2 Å². The largest absolute Gasteiger partial charge is 0.493 e. The van der Waals surface area contributed by atoms with Crippen LogP contribution in [0.2, 0.25) is 0 Å². The Bertz CT molecular complexity index is 393. The fourth-order valence-electron chi connectivity index (χ4n) is 1.97. The number of nitrogens with one attached hydrogen (secondary N) is 1. The van der Waals surface area contributed by atoms with Crippen LogP contribution in [0, 0.1) is 5.92 Å². The molecule has 0 aliphatic rings. The predicted molar refractivity (Wildman–Crippen MR) is 81.5 cm³/mol. The van der Waals surface area contributed by atoms with Gasteiger partial charge in [-0.15, -0.1) is 0 Å². The Kier molecular flexibility index (Phi) is 7.41. The van der Waals surface area contributed by atoms with Gasteiger partial charge in [0.2, 0.25) is 0 Å². The molecule has 0 spiro atoms. The summed E-state index contributed by atoms with van der Waals surface area (Å²) in [6.07, 6.45) is 0. The maximum Gasteiger partial charge on any atom is 0.161 e. The monoisotopic (exact) mass is 281 g/mol. The first-order valence-electron chi connectivity index (χ1n) is 7.14. The summed E-state index contributed by atoms with van der Waals surface area (Å²) in [4.78, 5) is 0. The maximum atomic E-state index is 5.52. The van der Waals surface area contributed by atoms with E-state index in [9.17, 15) is 0 Å². The summed E-state index contributed by atoms with van der Waals surface area (Å²) >= 11 is 0. The number of benzene rings is 1. The minimum absolute atomic E-state index is 0.350. The minimum Gasteiger partial charge on any atom is -0.493 e. The van der Waals surface area contributed by atoms with E-state index in [0.717, 1.165) is 31.3 Å². The lowest BCUT2D eigenvalue weighted by atomic mass is 10.0. The van der Waals surface area contributed by atoms with Crippen molar-refractivity contribution in [3.63, 3.8) is 0 Å². The van der Waals surface area contributed by atoms with Crippen LogP contribution < -0.4 is 14.8 Å². The van der Waals surface area contributed by atoms with Crippen LogP contribution in [0.5, 0.6) is 11.5 Å². The van der Waals surface area contributed by atoms with E-state index in [2.05, 4.69) is 19.2 Å². The normalized spacial score (nSPS) is 12.5. The van der Waals surface area contributed by atoms with Crippen LogP contribution >= 0.6 is 0 Å². The van der Waals surface area contributed by atoms with Gasteiger partial charge in [-0.25, -0.2) is 0 Å². The molecule has 0 heterocycles. The third kappa shape index (κ3) is 5.02. The van der Waals surface area contributed by atoms with Gasteiger partial charge in [0.1, 0.15) is 0 Å². The van der Waals surface area contributed by atoms with Crippen LogP contribution in [0.3, 0.4) is 0 Å². The molecule has 1 rings (SSSR count). The Hall–Kier alpha value is -1.26. The van der Waals surface area contributed by atoms with E-state index in [1.807, 2.05) is 25.1 Å². The summed E-state index contributed by atoms with van der Waals surface area (Å²) in [6.45, 7) is 8.70. The number of methoxy groups -OCH3 is 2. The molecular weight excluding hydrogens is 254 g/mol. The molecule has 0 aliphatic carbocycles. The van der Waals surface area contributed by atoms with Crippen LogP contribution in [-0.4, -0.2) is 33.5 Å². The molecular formula is C16H27NO3. The van der Waals surface area contributed by atoms with E-state index in [4.69, 9.17) is 14.2 Å². The standard InChI is InChI=1S/C16H27NO3/c1-6-20-11-14(12(2)3)17-10-13-7-8-15(18-4)16(9-13)19-5/h7-9,12,14,17H,6,10-11H2,1-5H3. The number of rotatable bonds is 9. The van der Waals surface area contributed by atoms with Crippen molar-refractivity contribution in [3.05, 3.63) is 23.8 Å². The molecule has 0 saturated heterocycles. The molecule has 1 unspecified atom stereocenters. The van der Waals surface area contributed by atoms with Gasteiger partial charge >= 0.3 is 0 Å². The van der Waals surface area contributed by atoms with E-state index >= 15 is 0 Å². The summed E-state index contributed by atoms with van der Waals surface area (Å²) in [7, 11) is 3.30. The average molecular weight is 281 g/mol. The highest BCUT2D eigenvalue weighted by Crippen LogP contribution is 2.27. The second kappa shape index (κ2) is 8.82. The van der Waals surface area contributed by atoms with Gasteiger partial charge < -0.3 is 19.5 Å². The predicted octanol–water partition coefficient (Wildman–Crippen LogP) is 2.85. The molecule has 1 atom stereocenters. The zero-order chi connectivity index (χ0) is 15.0. The molecule has 0 aliphatic heterocycles. The fourth-order valence-corrected chi connectivity index (χ4v) is 1.97. The Morgan fingerprint density at radius 3 is 2.35 bits per heavy atom. The molecule has 1 aromatic rings. The summed E-state index contributed by atoms with van der Waals surface area (Å²) in [5, 5.41) is 3.54. The quantitative estimate of drug-likeness (QED) is 0.755. The molecule has 0 bridgehead atoms. The van der Waals surface area contributed by atoms with Gasteiger partial charge in [0, 0.05) is 19.2 Å². The topological polar surface area (TPSA) is 39.7 Å². The van der Waals surface area contributed by atoms with E-state index in [1.54, 1.807) is 14.2 Å². The van der Waals surface area contributed by atoms with E-state index in [-0.39, 0.29) is 0 Å². The van der Waals surface area contributed by atoms with Gasteiger partial charge in [-0.3, -0.25) is 0 Å². The molecule has 114 valence electrons. The molecule has 0 radical (unpaired) electrons. The van der Waals surface area contributed by atoms with Crippen molar-refractivity contribution in [2.45, 2.75) is 33.4 Å².